The molecule has 3 nitrogen and oxygen atoms in total. The monoisotopic (exact) mass is 325 g/mol. The van der Waals surface area contributed by atoms with Gasteiger partial charge in [-0.25, -0.2) is 9.97 Å². The zero-order valence-electron chi connectivity index (χ0n) is 8.24. The van der Waals surface area contributed by atoms with E-state index >= 15 is 0 Å². The molecule has 1 rings (SSSR count). The van der Waals surface area contributed by atoms with E-state index in [1.807, 2.05) is 31.3 Å². The molecular formula is C9H13ClIN3. The van der Waals surface area contributed by atoms with E-state index in [2.05, 4.69) is 32.6 Å². The number of anilines is 1. The fraction of sp³-hybridized carbons (Fsp3) is 0.556. The molecule has 0 aliphatic rings. The first-order valence-corrected chi connectivity index (χ1v) is 5.94. The Bertz CT molecular complexity index is 276. The third kappa shape index (κ3) is 3.96. The van der Waals surface area contributed by atoms with E-state index in [4.69, 9.17) is 11.6 Å². The molecule has 1 atom stereocenters. The van der Waals surface area contributed by atoms with Crippen LogP contribution < -0.4 is 4.90 Å². The lowest BCUT2D eigenvalue weighted by atomic mass is 10.3. The van der Waals surface area contributed by atoms with Crippen molar-refractivity contribution >= 4 is 40.1 Å². The molecular weight excluding hydrogens is 312 g/mol. The van der Waals surface area contributed by atoms with Crippen LogP contribution in [0.4, 0.5) is 5.95 Å². The Kier molecular flexibility index (Phi) is 4.88. The summed E-state index contributed by atoms with van der Waals surface area (Å²) in [6.07, 6.45) is 4.56. The normalized spacial score (nSPS) is 12.6. The maximum absolute atomic E-state index is 5.87. The molecule has 14 heavy (non-hydrogen) atoms. The number of aromatic nitrogens is 2. The fourth-order valence-corrected chi connectivity index (χ4v) is 1.35. The number of hydrogen-bond donors (Lipinski definition) is 0. The molecule has 1 aromatic heterocycles. The molecule has 1 unspecified atom stereocenters. The van der Waals surface area contributed by atoms with Crippen LogP contribution in [0.25, 0.3) is 0 Å². The van der Waals surface area contributed by atoms with E-state index in [9.17, 15) is 0 Å². The molecule has 0 aromatic carbocycles. The maximum atomic E-state index is 5.87. The minimum Gasteiger partial charge on any atom is -0.344 e. The van der Waals surface area contributed by atoms with Gasteiger partial charge in [0.05, 0.1) is 0 Å². The Labute approximate surface area is 103 Å². The van der Waals surface area contributed by atoms with Gasteiger partial charge >= 0.3 is 0 Å². The van der Waals surface area contributed by atoms with E-state index in [1.54, 1.807) is 0 Å². The van der Waals surface area contributed by atoms with E-state index in [1.165, 1.54) is 0 Å². The van der Waals surface area contributed by atoms with E-state index in [-0.39, 0.29) is 5.38 Å². The predicted octanol–water partition coefficient (Wildman–Crippen LogP) is 2.53. The summed E-state index contributed by atoms with van der Waals surface area (Å²) in [6, 6.07) is 0. The standard InChI is InChI=1S/C9H13ClIN3/c1-7(10)3-4-14(2)9-12-5-8(11)6-13-9/h5-7H,3-4H2,1-2H3. The minimum atomic E-state index is 0.196. The summed E-state index contributed by atoms with van der Waals surface area (Å²) in [5, 5.41) is 0.196. The summed E-state index contributed by atoms with van der Waals surface area (Å²) < 4.78 is 1.05. The third-order valence-electron chi connectivity index (χ3n) is 1.81. The Morgan fingerprint density at radius 1 is 1.50 bits per heavy atom. The van der Waals surface area contributed by atoms with Crippen molar-refractivity contribution in [3.05, 3.63) is 16.0 Å². The van der Waals surface area contributed by atoms with E-state index < -0.39 is 0 Å². The second kappa shape index (κ2) is 5.70. The van der Waals surface area contributed by atoms with Crippen LogP contribution in [0.5, 0.6) is 0 Å². The van der Waals surface area contributed by atoms with Crippen LogP contribution in [0.2, 0.25) is 0 Å². The van der Waals surface area contributed by atoms with Gasteiger partial charge in [-0.1, -0.05) is 0 Å². The van der Waals surface area contributed by atoms with Crippen molar-refractivity contribution in [2.75, 3.05) is 18.5 Å². The second-order valence-electron chi connectivity index (χ2n) is 3.19. The lowest BCUT2D eigenvalue weighted by Crippen LogP contribution is -2.22. The average molecular weight is 326 g/mol. The van der Waals surface area contributed by atoms with Crippen molar-refractivity contribution < 1.29 is 0 Å². The SMILES string of the molecule is CC(Cl)CCN(C)c1ncc(I)cn1. The van der Waals surface area contributed by atoms with Crippen molar-refractivity contribution in [3.8, 4) is 0 Å². The average Bonchev–Trinajstić information content (AvgIpc) is 2.15. The molecule has 0 radical (unpaired) electrons. The van der Waals surface area contributed by atoms with Gasteiger partial charge in [0.15, 0.2) is 0 Å². The van der Waals surface area contributed by atoms with Gasteiger partial charge in [0.1, 0.15) is 0 Å². The maximum Gasteiger partial charge on any atom is 0.225 e. The molecule has 1 heterocycles. The summed E-state index contributed by atoms with van der Waals surface area (Å²) in [6.45, 7) is 2.87. The fourth-order valence-electron chi connectivity index (χ4n) is 0.974. The highest BCUT2D eigenvalue weighted by atomic mass is 127. The summed E-state index contributed by atoms with van der Waals surface area (Å²) in [7, 11) is 1.97. The molecule has 0 aliphatic heterocycles. The summed E-state index contributed by atoms with van der Waals surface area (Å²) in [4.78, 5) is 10.4. The number of rotatable bonds is 4. The van der Waals surface area contributed by atoms with Crippen LogP contribution in [0.3, 0.4) is 0 Å². The lowest BCUT2D eigenvalue weighted by molar-refractivity contribution is 0.755. The molecule has 0 fully saturated rings. The van der Waals surface area contributed by atoms with Crippen LogP contribution in [-0.2, 0) is 0 Å². The summed E-state index contributed by atoms with van der Waals surface area (Å²) in [5.41, 5.74) is 0. The van der Waals surface area contributed by atoms with Gasteiger partial charge in [-0.05, 0) is 35.9 Å². The van der Waals surface area contributed by atoms with Gasteiger partial charge in [-0.3, -0.25) is 0 Å². The first kappa shape index (κ1) is 12.0. The van der Waals surface area contributed by atoms with Gasteiger partial charge in [0, 0.05) is 34.9 Å². The van der Waals surface area contributed by atoms with Gasteiger partial charge < -0.3 is 4.90 Å². The van der Waals surface area contributed by atoms with Gasteiger partial charge in [0.2, 0.25) is 5.95 Å². The predicted molar refractivity (Wildman–Crippen MR) is 68.0 cm³/mol. The van der Waals surface area contributed by atoms with Crippen molar-refractivity contribution in [1.82, 2.24) is 9.97 Å². The smallest absolute Gasteiger partial charge is 0.225 e. The number of hydrogen-bond acceptors (Lipinski definition) is 3. The van der Waals surface area contributed by atoms with Crippen molar-refractivity contribution in [2.45, 2.75) is 18.7 Å². The highest BCUT2D eigenvalue weighted by molar-refractivity contribution is 14.1. The molecule has 0 saturated carbocycles. The Morgan fingerprint density at radius 3 is 2.57 bits per heavy atom. The minimum absolute atomic E-state index is 0.196. The Morgan fingerprint density at radius 2 is 2.07 bits per heavy atom. The molecule has 1 aromatic rings. The van der Waals surface area contributed by atoms with Gasteiger partial charge in [-0.15, -0.1) is 11.6 Å². The first-order valence-electron chi connectivity index (χ1n) is 4.42. The second-order valence-corrected chi connectivity index (χ2v) is 5.18. The van der Waals surface area contributed by atoms with Crippen molar-refractivity contribution in [1.29, 1.82) is 0 Å². The van der Waals surface area contributed by atoms with Gasteiger partial charge in [-0.2, -0.15) is 0 Å². The number of halogens is 2. The number of nitrogens with zero attached hydrogens (tertiary/aromatic N) is 3. The van der Waals surface area contributed by atoms with Gasteiger partial charge in [0.25, 0.3) is 0 Å². The Balaban J connectivity index is 2.52. The molecule has 0 amide bonds. The topological polar surface area (TPSA) is 29.0 Å². The van der Waals surface area contributed by atoms with E-state index in [0.29, 0.717) is 0 Å². The molecule has 0 N–H and O–H groups in total. The van der Waals surface area contributed by atoms with Crippen LogP contribution in [0.15, 0.2) is 12.4 Å². The summed E-state index contributed by atoms with van der Waals surface area (Å²) >= 11 is 8.05. The Hall–Kier alpha value is -0.100. The molecule has 0 saturated heterocycles. The summed E-state index contributed by atoms with van der Waals surface area (Å²) in [5.74, 6) is 0.753. The molecule has 78 valence electrons. The van der Waals surface area contributed by atoms with Crippen molar-refractivity contribution in [3.63, 3.8) is 0 Å². The molecule has 0 aliphatic carbocycles. The lowest BCUT2D eigenvalue weighted by Gasteiger charge is -2.17. The van der Waals surface area contributed by atoms with Crippen molar-refractivity contribution in [2.24, 2.45) is 0 Å². The quantitative estimate of drug-likeness (QED) is 0.629. The number of alkyl halides is 1. The zero-order valence-corrected chi connectivity index (χ0v) is 11.2. The molecule has 0 spiro atoms. The third-order valence-corrected chi connectivity index (χ3v) is 2.59. The first-order chi connectivity index (χ1) is 6.59. The van der Waals surface area contributed by atoms with Crippen LogP contribution >= 0.6 is 34.2 Å². The largest absolute Gasteiger partial charge is 0.344 e. The zero-order chi connectivity index (χ0) is 10.6. The molecule has 5 heteroatoms. The highest BCUT2D eigenvalue weighted by Crippen LogP contribution is 2.08. The highest BCUT2D eigenvalue weighted by Gasteiger charge is 2.05. The molecule has 0 bridgehead atoms. The van der Waals surface area contributed by atoms with E-state index in [0.717, 1.165) is 22.5 Å². The van der Waals surface area contributed by atoms with Crippen LogP contribution in [0.1, 0.15) is 13.3 Å². The van der Waals surface area contributed by atoms with Crippen LogP contribution in [-0.4, -0.2) is 28.9 Å². The van der Waals surface area contributed by atoms with Crippen LogP contribution in [0, 0.1) is 3.57 Å².